The van der Waals surface area contributed by atoms with Gasteiger partial charge in [-0.2, -0.15) is 0 Å². The van der Waals surface area contributed by atoms with Crippen LogP contribution >= 0.6 is 0 Å². The van der Waals surface area contributed by atoms with E-state index in [0.29, 0.717) is 25.8 Å². The Labute approximate surface area is 123 Å². The summed E-state index contributed by atoms with van der Waals surface area (Å²) in [5, 5.41) is 15.3. The fraction of sp³-hybridized carbons (Fsp3) is 0.500. The highest BCUT2D eigenvalue weighted by Gasteiger charge is 2.32. The largest absolute Gasteiger partial charge is 0.481 e. The van der Waals surface area contributed by atoms with Crippen LogP contribution in [0.3, 0.4) is 0 Å². The fourth-order valence-electron chi connectivity index (χ4n) is 3.28. The lowest BCUT2D eigenvalue weighted by Crippen LogP contribution is -2.50. The molecule has 5 heteroatoms. The quantitative estimate of drug-likeness (QED) is 0.777. The molecule has 112 valence electrons. The van der Waals surface area contributed by atoms with E-state index in [1.807, 2.05) is 12.1 Å². The molecule has 1 amide bonds. The standard InChI is InChI=1S/C16H20N2O3/c19-15(18-13-6-5-11(7-13)16(20)21)14-8-10-3-1-2-4-12(10)9-17-14/h1-4,11,13-14,17H,5-9H2,(H,18,19)(H,20,21)/t11-,13+,14?/m1/s1. The third-order valence-electron chi connectivity index (χ3n) is 4.53. The van der Waals surface area contributed by atoms with Crippen molar-refractivity contribution in [3.05, 3.63) is 35.4 Å². The van der Waals surface area contributed by atoms with Crippen molar-refractivity contribution in [2.45, 2.75) is 44.3 Å². The van der Waals surface area contributed by atoms with Crippen LogP contribution in [0, 0.1) is 5.92 Å². The average molecular weight is 288 g/mol. The van der Waals surface area contributed by atoms with Gasteiger partial charge in [0.2, 0.25) is 5.91 Å². The molecule has 1 heterocycles. The fourth-order valence-corrected chi connectivity index (χ4v) is 3.28. The Morgan fingerprint density at radius 3 is 2.67 bits per heavy atom. The lowest BCUT2D eigenvalue weighted by Gasteiger charge is -2.26. The van der Waals surface area contributed by atoms with Gasteiger partial charge >= 0.3 is 5.97 Å². The van der Waals surface area contributed by atoms with Gasteiger partial charge in [0.05, 0.1) is 12.0 Å². The Kier molecular flexibility index (Phi) is 3.92. The first-order chi connectivity index (χ1) is 10.1. The third kappa shape index (κ3) is 3.08. The normalized spacial score (nSPS) is 27.9. The molecule has 0 aromatic heterocycles. The van der Waals surface area contributed by atoms with Gasteiger partial charge in [-0.05, 0) is 36.8 Å². The Morgan fingerprint density at radius 2 is 1.95 bits per heavy atom. The first kappa shape index (κ1) is 14.1. The molecule has 21 heavy (non-hydrogen) atoms. The maximum atomic E-state index is 12.3. The Bertz CT molecular complexity index is 558. The zero-order valence-electron chi connectivity index (χ0n) is 11.8. The second kappa shape index (κ2) is 5.85. The molecule has 0 radical (unpaired) electrons. The summed E-state index contributed by atoms with van der Waals surface area (Å²) in [6.07, 6.45) is 2.65. The summed E-state index contributed by atoms with van der Waals surface area (Å²) in [5.74, 6) is -1.08. The first-order valence-corrected chi connectivity index (χ1v) is 7.47. The summed E-state index contributed by atoms with van der Waals surface area (Å²) >= 11 is 0. The molecular weight excluding hydrogens is 268 g/mol. The number of carboxylic acid groups (broad SMARTS) is 1. The van der Waals surface area contributed by atoms with Crippen molar-refractivity contribution in [3.8, 4) is 0 Å². The number of aliphatic carboxylic acids is 1. The van der Waals surface area contributed by atoms with Crippen LogP contribution in [0.4, 0.5) is 0 Å². The van der Waals surface area contributed by atoms with E-state index in [2.05, 4.69) is 22.8 Å². The Hall–Kier alpha value is -1.88. The minimum atomic E-state index is -0.753. The maximum Gasteiger partial charge on any atom is 0.306 e. The molecule has 1 aliphatic heterocycles. The molecule has 1 aromatic carbocycles. The van der Waals surface area contributed by atoms with E-state index in [1.54, 1.807) is 0 Å². The number of nitrogens with one attached hydrogen (secondary N) is 2. The van der Waals surface area contributed by atoms with Gasteiger partial charge in [-0.15, -0.1) is 0 Å². The van der Waals surface area contributed by atoms with Crippen LogP contribution < -0.4 is 10.6 Å². The van der Waals surface area contributed by atoms with Gasteiger partial charge < -0.3 is 15.7 Å². The second-order valence-electron chi connectivity index (χ2n) is 5.96. The summed E-state index contributed by atoms with van der Waals surface area (Å²) in [5.41, 5.74) is 2.46. The lowest BCUT2D eigenvalue weighted by atomic mass is 9.95. The third-order valence-corrected chi connectivity index (χ3v) is 4.53. The number of amides is 1. The van der Waals surface area contributed by atoms with Gasteiger partial charge in [0.1, 0.15) is 0 Å². The molecule has 3 atom stereocenters. The number of fused-ring (bicyclic) bond motifs is 1. The highest BCUT2D eigenvalue weighted by atomic mass is 16.4. The number of benzene rings is 1. The number of carboxylic acids is 1. The van der Waals surface area contributed by atoms with Gasteiger partial charge in [-0.3, -0.25) is 9.59 Å². The van der Waals surface area contributed by atoms with Crippen LogP contribution in [0.2, 0.25) is 0 Å². The van der Waals surface area contributed by atoms with E-state index in [0.717, 1.165) is 6.42 Å². The smallest absolute Gasteiger partial charge is 0.306 e. The molecule has 1 unspecified atom stereocenters. The molecule has 2 aliphatic rings. The summed E-state index contributed by atoms with van der Waals surface area (Å²) in [6.45, 7) is 0.705. The topological polar surface area (TPSA) is 78.4 Å². The minimum Gasteiger partial charge on any atom is -0.481 e. The second-order valence-corrected chi connectivity index (χ2v) is 5.96. The van der Waals surface area contributed by atoms with Gasteiger partial charge in [0.25, 0.3) is 0 Å². The van der Waals surface area contributed by atoms with Crippen LogP contribution in [0.1, 0.15) is 30.4 Å². The van der Waals surface area contributed by atoms with Crippen molar-refractivity contribution >= 4 is 11.9 Å². The monoisotopic (exact) mass is 288 g/mol. The number of rotatable bonds is 3. The Morgan fingerprint density at radius 1 is 1.19 bits per heavy atom. The number of hydrogen-bond donors (Lipinski definition) is 3. The molecule has 1 aliphatic carbocycles. The van der Waals surface area contributed by atoms with E-state index in [4.69, 9.17) is 5.11 Å². The summed E-state index contributed by atoms with van der Waals surface area (Å²) in [6, 6.07) is 7.91. The molecule has 3 rings (SSSR count). The number of carbonyl (C=O) groups is 2. The van der Waals surface area contributed by atoms with E-state index < -0.39 is 5.97 Å². The van der Waals surface area contributed by atoms with Crippen LogP contribution in [-0.4, -0.2) is 29.1 Å². The zero-order chi connectivity index (χ0) is 14.8. The van der Waals surface area contributed by atoms with Gasteiger partial charge in [-0.1, -0.05) is 24.3 Å². The molecule has 0 saturated heterocycles. The molecule has 1 fully saturated rings. The van der Waals surface area contributed by atoms with E-state index in [1.165, 1.54) is 11.1 Å². The highest BCUT2D eigenvalue weighted by Crippen LogP contribution is 2.26. The summed E-state index contributed by atoms with van der Waals surface area (Å²) in [7, 11) is 0. The molecule has 5 nitrogen and oxygen atoms in total. The molecule has 0 bridgehead atoms. The molecule has 1 aromatic rings. The lowest BCUT2D eigenvalue weighted by molar-refractivity contribution is -0.141. The predicted molar refractivity (Wildman–Crippen MR) is 77.7 cm³/mol. The van der Waals surface area contributed by atoms with Crippen LogP contribution in [0.25, 0.3) is 0 Å². The number of hydrogen-bond acceptors (Lipinski definition) is 3. The van der Waals surface area contributed by atoms with Crippen LogP contribution in [0.5, 0.6) is 0 Å². The average Bonchev–Trinajstić information content (AvgIpc) is 2.95. The summed E-state index contributed by atoms with van der Waals surface area (Å²) in [4.78, 5) is 23.3. The molecule has 0 spiro atoms. The van der Waals surface area contributed by atoms with Crippen molar-refractivity contribution in [3.63, 3.8) is 0 Å². The van der Waals surface area contributed by atoms with Crippen molar-refractivity contribution in [1.29, 1.82) is 0 Å². The van der Waals surface area contributed by atoms with E-state index >= 15 is 0 Å². The van der Waals surface area contributed by atoms with Gasteiger partial charge in [0.15, 0.2) is 0 Å². The van der Waals surface area contributed by atoms with Crippen molar-refractivity contribution in [2.75, 3.05) is 0 Å². The van der Waals surface area contributed by atoms with E-state index in [9.17, 15) is 9.59 Å². The van der Waals surface area contributed by atoms with Crippen molar-refractivity contribution in [1.82, 2.24) is 10.6 Å². The minimum absolute atomic E-state index is 0.00225. The predicted octanol–water partition coefficient (Wildman–Crippen LogP) is 1.07. The van der Waals surface area contributed by atoms with Crippen LogP contribution in [-0.2, 0) is 22.6 Å². The van der Waals surface area contributed by atoms with E-state index in [-0.39, 0.29) is 23.9 Å². The van der Waals surface area contributed by atoms with Crippen LogP contribution in [0.15, 0.2) is 24.3 Å². The molecular formula is C16H20N2O3. The van der Waals surface area contributed by atoms with Crippen molar-refractivity contribution < 1.29 is 14.7 Å². The number of carbonyl (C=O) groups excluding carboxylic acids is 1. The SMILES string of the molecule is O=C(N[C@H]1CC[C@@H](C(=O)O)C1)C1Cc2ccccc2CN1. The molecule has 1 saturated carbocycles. The summed E-state index contributed by atoms with van der Waals surface area (Å²) < 4.78 is 0. The Balaban J connectivity index is 1.57. The molecule has 3 N–H and O–H groups in total. The zero-order valence-corrected chi connectivity index (χ0v) is 11.8. The maximum absolute atomic E-state index is 12.3. The first-order valence-electron chi connectivity index (χ1n) is 7.47. The highest BCUT2D eigenvalue weighted by molar-refractivity contribution is 5.83. The van der Waals surface area contributed by atoms with Crippen molar-refractivity contribution in [2.24, 2.45) is 5.92 Å². The van der Waals surface area contributed by atoms with Gasteiger partial charge in [-0.25, -0.2) is 0 Å². The van der Waals surface area contributed by atoms with Gasteiger partial charge in [0, 0.05) is 12.6 Å².